The summed E-state index contributed by atoms with van der Waals surface area (Å²) in [5.74, 6) is -0.215. The maximum atomic E-state index is 12.8. The zero-order valence-corrected chi connectivity index (χ0v) is 10.9. The van der Waals surface area contributed by atoms with Crippen LogP contribution in [0.15, 0.2) is 36.7 Å². The molecule has 0 aliphatic carbocycles. The molecule has 1 aliphatic rings. The zero-order chi connectivity index (χ0) is 13.9. The average Bonchev–Trinajstić information content (AvgIpc) is 3.11. The van der Waals surface area contributed by atoms with Crippen LogP contribution in [0.4, 0.5) is 4.39 Å². The van der Waals surface area contributed by atoms with Crippen molar-refractivity contribution in [3.8, 4) is 0 Å². The monoisotopic (exact) mass is 274 g/mol. The second-order valence-corrected chi connectivity index (χ2v) is 4.97. The van der Waals surface area contributed by atoms with Crippen molar-refractivity contribution in [2.75, 3.05) is 13.1 Å². The molecular formula is C14H15FN4O. The lowest BCUT2D eigenvalue weighted by Crippen LogP contribution is -2.30. The summed E-state index contributed by atoms with van der Waals surface area (Å²) in [6.45, 7) is 1.38. The Labute approximate surface area is 116 Å². The molecule has 0 unspecified atom stereocenters. The van der Waals surface area contributed by atoms with E-state index in [1.165, 1.54) is 12.1 Å². The number of nitrogens with zero attached hydrogens (tertiary/aromatic N) is 4. The van der Waals surface area contributed by atoms with Crippen LogP contribution >= 0.6 is 0 Å². The van der Waals surface area contributed by atoms with Crippen molar-refractivity contribution in [2.45, 2.75) is 18.9 Å². The maximum Gasteiger partial charge on any atom is 0.227 e. The van der Waals surface area contributed by atoms with E-state index in [2.05, 4.69) is 10.3 Å². The largest absolute Gasteiger partial charge is 0.340 e. The van der Waals surface area contributed by atoms with Crippen molar-refractivity contribution in [3.63, 3.8) is 0 Å². The van der Waals surface area contributed by atoms with Crippen LogP contribution in [0.5, 0.6) is 0 Å². The Morgan fingerprint density at radius 2 is 2.15 bits per heavy atom. The van der Waals surface area contributed by atoms with E-state index in [1.54, 1.807) is 23.0 Å². The highest BCUT2D eigenvalue weighted by atomic mass is 19.1. The highest BCUT2D eigenvalue weighted by Crippen LogP contribution is 2.21. The summed E-state index contributed by atoms with van der Waals surface area (Å²) in [5.41, 5.74) is 0.834. The number of carbonyl (C=O) groups is 1. The van der Waals surface area contributed by atoms with Gasteiger partial charge in [0.2, 0.25) is 5.91 Å². The third-order valence-corrected chi connectivity index (χ3v) is 3.60. The number of benzene rings is 1. The van der Waals surface area contributed by atoms with Crippen molar-refractivity contribution in [1.82, 2.24) is 19.9 Å². The number of likely N-dealkylation sites (tertiary alicyclic amines) is 1. The molecule has 0 N–H and O–H groups in total. The molecule has 1 aliphatic heterocycles. The summed E-state index contributed by atoms with van der Waals surface area (Å²) in [5, 5.41) is 7.76. The molecule has 1 fully saturated rings. The van der Waals surface area contributed by atoms with E-state index in [-0.39, 0.29) is 17.8 Å². The Hall–Kier alpha value is -2.24. The van der Waals surface area contributed by atoms with Crippen LogP contribution in [-0.4, -0.2) is 38.9 Å². The number of halogens is 1. The molecule has 1 aromatic heterocycles. The Morgan fingerprint density at radius 1 is 1.35 bits per heavy atom. The van der Waals surface area contributed by atoms with Crippen LogP contribution < -0.4 is 0 Å². The van der Waals surface area contributed by atoms with Crippen molar-refractivity contribution >= 4 is 5.91 Å². The molecule has 6 heteroatoms. The normalized spacial score (nSPS) is 18.4. The van der Waals surface area contributed by atoms with E-state index < -0.39 is 0 Å². The fourth-order valence-corrected chi connectivity index (χ4v) is 2.49. The molecule has 1 amide bonds. The molecule has 1 aromatic carbocycles. The van der Waals surface area contributed by atoms with Crippen molar-refractivity contribution in [1.29, 1.82) is 0 Å². The molecule has 0 bridgehead atoms. The van der Waals surface area contributed by atoms with Gasteiger partial charge in [0.05, 0.1) is 18.7 Å². The van der Waals surface area contributed by atoms with Gasteiger partial charge in [-0.3, -0.25) is 4.79 Å². The van der Waals surface area contributed by atoms with Crippen LogP contribution in [0.1, 0.15) is 18.0 Å². The van der Waals surface area contributed by atoms with Crippen LogP contribution in [0.3, 0.4) is 0 Å². The number of rotatable bonds is 3. The summed E-state index contributed by atoms with van der Waals surface area (Å²) >= 11 is 0. The molecule has 1 atom stereocenters. The Morgan fingerprint density at radius 3 is 2.85 bits per heavy atom. The Kier molecular flexibility index (Phi) is 3.45. The molecule has 1 saturated heterocycles. The molecule has 0 radical (unpaired) electrons. The maximum absolute atomic E-state index is 12.8. The van der Waals surface area contributed by atoms with E-state index >= 15 is 0 Å². The number of hydrogen-bond acceptors (Lipinski definition) is 3. The van der Waals surface area contributed by atoms with E-state index in [4.69, 9.17) is 0 Å². The van der Waals surface area contributed by atoms with Crippen LogP contribution in [0.25, 0.3) is 0 Å². The fraction of sp³-hybridized carbons (Fsp3) is 0.357. The Bertz CT molecular complexity index is 582. The molecule has 5 nitrogen and oxygen atoms in total. The third kappa shape index (κ3) is 2.68. The van der Waals surface area contributed by atoms with Gasteiger partial charge in [-0.05, 0) is 24.1 Å². The first kappa shape index (κ1) is 12.8. The van der Waals surface area contributed by atoms with Crippen LogP contribution in [0.2, 0.25) is 0 Å². The van der Waals surface area contributed by atoms with Crippen molar-refractivity contribution in [2.24, 2.45) is 0 Å². The quantitative estimate of drug-likeness (QED) is 0.851. The highest BCUT2D eigenvalue weighted by Gasteiger charge is 2.27. The summed E-state index contributed by atoms with van der Waals surface area (Å²) in [4.78, 5) is 14.0. The van der Waals surface area contributed by atoms with Gasteiger partial charge in [-0.1, -0.05) is 17.3 Å². The van der Waals surface area contributed by atoms with E-state index in [1.807, 2.05) is 11.1 Å². The van der Waals surface area contributed by atoms with Gasteiger partial charge in [0.1, 0.15) is 5.82 Å². The second-order valence-electron chi connectivity index (χ2n) is 4.97. The first-order valence-corrected chi connectivity index (χ1v) is 6.60. The van der Waals surface area contributed by atoms with Gasteiger partial charge >= 0.3 is 0 Å². The molecule has 0 spiro atoms. The first-order chi connectivity index (χ1) is 9.72. The minimum Gasteiger partial charge on any atom is -0.340 e. The number of amides is 1. The van der Waals surface area contributed by atoms with Gasteiger partial charge in [-0.25, -0.2) is 9.07 Å². The third-order valence-electron chi connectivity index (χ3n) is 3.60. The van der Waals surface area contributed by atoms with Crippen molar-refractivity contribution < 1.29 is 9.18 Å². The number of carbonyl (C=O) groups excluding carboxylic acids is 1. The van der Waals surface area contributed by atoms with Crippen LogP contribution in [-0.2, 0) is 11.2 Å². The smallest absolute Gasteiger partial charge is 0.227 e. The lowest BCUT2D eigenvalue weighted by atomic mass is 10.1. The van der Waals surface area contributed by atoms with E-state index in [0.29, 0.717) is 13.0 Å². The van der Waals surface area contributed by atoms with Gasteiger partial charge in [-0.2, -0.15) is 0 Å². The topological polar surface area (TPSA) is 51.0 Å². The molecular weight excluding hydrogens is 259 g/mol. The molecule has 2 aromatic rings. The standard InChI is InChI=1S/C14H15FN4O/c15-12-3-1-11(2-4-12)9-14(20)18-7-5-13(10-18)19-8-6-16-17-19/h1-4,6,8,13H,5,7,9-10H2/t13-/m1/s1. The minimum absolute atomic E-state index is 0.0687. The summed E-state index contributed by atoms with van der Waals surface area (Å²) in [6, 6.07) is 6.26. The first-order valence-electron chi connectivity index (χ1n) is 6.60. The molecule has 2 heterocycles. The minimum atomic E-state index is -0.284. The van der Waals surface area contributed by atoms with E-state index in [9.17, 15) is 9.18 Å². The summed E-state index contributed by atoms with van der Waals surface area (Å²) < 4.78 is 14.6. The zero-order valence-electron chi connectivity index (χ0n) is 10.9. The second kappa shape index (κ2) is 5.40. The van der Waals surface area contributed by atoms with Gasteiger partial charge in [0.15, 0.2) is 0 Å². The van der Waals surface area contributed by atoms with E-state index in [0.717, 1.165) is 18.5 Å². The van der Waals surface area contributed by atoms with Gasteiger partial charge in [0, 0.05) is 19.3 Å². The van der Waals surface area contributed by atoms with Crippen LogP contribution in [0, 0.1) is 5.82 Å². The fourth-order valence-electron chi connectivity index (χ4n) is 2.49. The summed E-state index contributed by atoms with van der Waals surface area (Å²) in [6.07, 6.45) is 4.66. The van der Waals surface area contributed by atoms with Gasteiger partial charge < -0.3 is 4.90 Å². The van der Waals surface area contributed by atoms with Crippen molar-refractivity contribution in [3.05, 3.63) is 48.0 Å². The SMILES string of the molecule is O=C(Cc1ccc(F)cc1)N1CC[C@@H](n2ccnn2)C1. The van der Waals surface area contributed by atoms with Gasteiger partial charge in [0.25, 0.3) is 0 Å². The molecule has 3 rings (SSSR count). The van der Waals surface area contributed by atoms with Gasteiger partial charge in [-0.15, -0.1) is 5.10 Å². The predicted octanol–water partition coefficient (Wildman–Crippen LogP) is 1.43. The number of hydrogen-bond donors (Lipinski definition) is 0. The number of aromatic nitrogens is 3. The molecule has 0 saturated carbocycles. The average molecular weight is 274 g/mol. The predicted molar refractivity (Wildman–Crippen MR) is 70.4 cm³/mol. The lowest BCUT2D eigenvalue weighted by molar-refractivity contribution is -0.129. The summed E-state index contributed by atoms with van der Waals surface area (Å²) in [7, 11) is 0. The Balaban J connectivity index is 1.60. The lowest BCUT2D eigenvalue weighted by Gasteiger charge is -2.16. The highest BCUT2D eigenvalue weighted by molar-refractivity contribution is 5.79. The molecule has 20 heavy (non-hydrogen) atoms. The molecule has 104 valence electrons.